The van der Waals surface area contributed by atoms with Gasteiger partial charge in [0, 0.05) is 18.7 Å². The van der Waals surface area contributed by atoms with E-state index in [4.69, 9.17) is 10.5 Å². The summed E-state index contributed by atoms with van der Waals surface area (Å²) >= 11 is 0. The van der Waals surface area contributed by atoms with Crippen molar-refractivity contribution in [2.24, 2.45) is 5.73 Å². The standard InChI is InChI=1S/C16H20N2O3/c17-15(19)10-9-14-8-4-5-11-18(14)16(20)21-12-13-6-2-1-3-7-13/h1-3,6-8H,4-5,9-12H2,(H2,17,19). The predicted octanol–water partition coefficient (Wildman–Crippen LogP) is 2.57. The van der Waals surface area contributed by atoms with Crippen LogP contribution in [0.4, 0.5) is 4.79 Å². The fourth-order valence-corrected chi connectivity index (χ4v) is 2.27. The molecule has 2 rings (SSSR count). The number of nitrogens with zero attached hydrogens (tertiary/aromatic N) is 1. The van der Waals surface area contributed by atoms with Gasteiger partial charge in [-0.15, -0.1) is 0 Å². The van der Waals surface area contributed by atoms with E-state index in [0.717, 1.165) is 24.1 Å². The molecule has 1 aromatic carbocycles. The molecule has 0 fully saturated rings. The number of nitrogens with two attached hydrogens (primary N) is 1. The van der Waals surface area contributed by atoms with Crippen molar-refractivity contribution >= 4 is 12.0 Å². The van der Waals surface area contributed by atoms with Crippen LogP contribution < -0.4 is 5.73 Å². The van der Waals surface area contributed by atoms with Crippen LogP contribution in [-0.4, -0.2) is 23.4 Å². The van der Waals surface area contributed by atoms with E-state index in [0.29, 0.717) is 13.0 Å². The van der Waals surface area contributed by atoms with Crippen molar-refractivity contribution in [3.63, 3.8) is 0 Å². The fraction of sp³-hybridized carbons (Fsp3) is 0.375. The Balaban J connectivity index is 1.91. The normalized spacial score (nSPS) is 14.5. The second-order valence-corrected chi connectivity index (χ2v) is 5.00. The van der Waals surface area contributed by atoms with E-state index in [-0.39, 0.29) is 25.0 Å². The van der Waals surface area contributed by atoms with Crippen LogP contribution >= 0.6 is 0 Å². The fourth-order valence-electron chi connectivity index (χ4n) is 2.27. The molecule has 0 radical (unpaired) electrons. The number of primary amides is 1. The lowest BCUT2D eigenvalue weighted by atomic mass is 10.1. The van der Waals surface area contributed by atoms with Gasteiger partial charge in [0.25, 0.3) is 0 Å². The number of rotatable bonds is 5. The zero-order valence-electron chi connectivity index (χ0n) is 12.0. The third kappa shape index (κ3) is 4.63. The van der Waals surface area contributed by atoms with Crippen molar-refractivity contribution in [3.8, 4) is 0 Å². The number of carbonyl (C=O) groups excluding carboxylic acids is 2. The van der Waals surface area contributed by atoms with E-state index in [1.807, 2.05) is 36.4 Å². The Kier molecular flexibility index (Phi) is 5.37. The van der Waals surface area contributed by atoms with Crippen LogP contribution in [0.25, 0.3) is 0 Å². The van der Waals surface area contributed by atoms with Crippen LogP contribution in [0, 0.1) is 0 Å². The first-order valence-corrected chi connectivity index (χ1v) is 7.12. The summed E-state index contributed by atoms with van der Waals surface area (Å²) in [6, 6.07) is 9.55. The Bertz CT molecular complexity index is 526. The van der Waals surface area contributed by atoms with Gasteiger partial charge in [-0.25, -0.2) is 4.79 Å². The second kappa shape index (κ2) is 7.47. The van der Waals surface area contributed by atoms with Crippen molar-refractivity contribution in [2.45, 2.75) is 32.3 Å². The van der Waals surface area contributed by atoms with Crippen LogP contribution in [-0.2, 0) is 16.1 Å². The van der Waals surface area contributed by atoms with Crippen LogP contribution in [0.15, 0.2) is 42.1 Å². The summed E-state index contributed by atoms with van der Waals surface area (Å²) in [7, 11) is 0. The summed E-state index contributed by atoms with van der Waals surface area (Å²) in [5, 5.41) is 0. The van der Waals surface area contributed by atoms with Gasteiger partial charge in [-0.05, 0) is 24.8 Å². The number of carbonyl (C=O) groups is 2. The quantitative estimate of drug-likeness (QED) is 0.905. The Morgan fingerprint density at radius 2 is 2.00 bits per heavy atom. The SMILES string of the molecule is NC(=O)CCC1=CCCCN1C(=O)OCc1ccccc1. The van der Waals surface area contributed by atoms with Gasteiger partial charge in [0.2, 0.25) is 5.91 Å². The minimum Gasteiger partial charge on any atom is -0.444 e. The molecule has 5 nitrogen and oxygen atoms in total. The molecule has 0 bridgehead atoms. The monoisotopic (exact) mass is 288 g/mol. The molecular formula is C16H20N2O3. The summed E-state index contributed by atoms with van der Waals surface area (Å²) in [6.45, 7) is 0.873. The van der Waals surface area contributed by atoms with Gasteiger partial charge in [-0.1, -0.05) is 36.4 Å². The zero-order chi connectivity index (χ0) is 15.1. The van der Waals surface area contributed by atoms with Crippen molar-refractivity contribution < 1.29 is 14.3 Å². The summed E-state index contributed by atoms with van der Waals surface area (Å²) < 4.78 is 5.33. The van der Waals surface area contributed by atoms with E-state index < -0.39 is 0 Å². The van der Waals surface area contributed by atoms with Gasteiger partial charge >= 0.3 is 6.09 Å². The highest BCUT2D eigenvalue weighted by atomic mass is 16.6. The van der Waals surface area contributed by atoms with Crippen molar-refractivity contribution in [1.82, 2.24) is 4.90 Å². The molecule has 5 heteroatoms. The van der Waals surface area contributed by atoms with Gasteiger partial charge in [-0.3, -0.25) is 9.69 Å². The first-order chi connectivity index (χ1) is 10.2. The first-order valence-electron chi connectivity index (χ1n) is 7.12. The molecule has 2 amide bonds. The number of allylic oxidation sites excluding steroid dienone is 2. The molecule has 1 aliphatic rings. The van der Waals surface area contributed by atoms with Crippen LogP contribution in [0.5, 0.6) is 0 Å². The molecular weight excluding hydrogens is 268 g/mol. The van der Waals surface area contributed by atoms with Gasteiger partial charge < -0.3 is 10.5 Å². The van der Waals surface area contributed by atoms with E-state index in [9.17, 15) is 9.59 Å². The third-order valence-electron chi connectivity index (χ3n) is 3.37. The third-order valence-corrected chi connectivity index (χ3v) is 3.37. The van der Waals surface area contributed by atoms with Gasteiger partial charge in [0.15, 0.2) is 0 Å². The lowest BCUT2D eigenvalue weighted by molar-refractivity contribution is -0.118. The lowest BCUT2D eigenvalue weighted by Gasteiger charge is -2.28. The molecule has 0 saturated carbocycles. The predicted molar refractivity (Wildman–Crippen MR) is 79.1 cm³/mol. The summed E-state index contributed by atoms with van der Waals surface area (Å²) in [4.78, 5) is 24.7. The Hall–Kier alpha value is -2.30. The van der Waals surface area contributed by atoms with Crippen molar-refractivity contribution in [1.29, 1.82) is 0 Å². The Labute approximate surface area is 124 Å². The van der Waals surface area contributed by atoms with Gasteiger partial charge in [0.1, 0.15) is 6.61 Å². The van der Waals surface area contributed by atoms with E-state index in [2.05, 4.69) is 0 Å². The molecule has 21 heavy (non-hydrogen) atoms. The topological polar surface area (TPSA) is 72.6 Å². The molecule has 1 aliphatic heterocycles. The molecule has 1 heterocycles. The summed E-state index contributed by atoms with van der Waals surface area (Å²) in [5.74, 6) is -0.362. The maximum absolute atomic E-state index is 12.2. The second-order valence-electron chi connectivity index (χ2n) is 5.00. The number of benzene rings is 1. The van der Waals surface area contributed by atoms with Crippen LogP contribution in [0.2, 0.25) is 0 Å². The van der Waals surface area contributed by atoms with Crippen LogP contribution in [0.1, 0.15) is 31.2 Å². The van der Waals surface area contributed by atoms with E-state index in [1.165, 1.54) is 0 Å². The maximum Gasteiger partial charge on any atom is 0.414 e. The van der Waals surface area contributed by atoms with Crippen molar-refractivity contribution in [3.05, 3.63) is 47.7 Å². The van der Waals surface area contributed by atoms with E-state index >= 15 is 0 Å². The zero-order valence-corrected chi connectivity index (χ0v) is 12.0. The largest absolute Gasteiger partial charge is 0.444 e. The van der Waals surface area contributed by atoms with Gasteiger partial charge in [0.05, 0.1) is 0 Å². The molecule has 112 valence electrons. The highest BCUT2D eigenvalue weighted by Crippen LogP contribution is 2.20. The summed E-state index contributed by atoms with van der Waals surface area (Å²) in [5.41, 5.74) is 6.95. The first kappa shape index (κ1) is 15.1. The van der Waals surface area contributed by atoms with Crippen LogP contribution in [0.3, 0.4) is 0 Å². The number of amides is 2. The molecule has 0 saturated heterocycles. The van der Waals surface area contributed by atoms with Crippen molar-refractivity contribution in [2.75, 3.05) is 6.54 Å². The summed E-state index contributed by atoms with van der Waals surface area (Å²) in [6.07, 6.45) is 4.16. The number of hydrogen-bond acceptors (Lipinski definition) is 3. The molecule has 0 aromatic heterocycles. The Morgan fingerprint density at radius 1 is 1.24 bits per heavy atom. The maximum atomic E-state index is 12.2. The molecule has 0 unspecified atom stereocenters. The highest BCUT2D eigenvalue weighted by Gasteiger charge is 2.22. The Morgan fingerprint density at radius 3 is 2.71 bits per heavy atom. The average molecular weight is 288 g/mol. The number of hydrogen-bond donors (Lipinski definition) is 1. The smallest absolute Gasteiger partial charge is 0.414 e. The number of ether oxygens (including phenoxy) is 1. The van der Waals surface area contributed by atoms with Gasteiger partial charge in [-0.2, -0.15) is 0 Å². The molecule has 1 aromatic rings. The highest BCUT2D eigenvalue weighted by molar-refractivity contribution is 5.74. The molecule has 2 N–H and O–H groups in total. The minimum atomic E-state index is -0.366. The molecule has 0 spiro atoms. The molecule has 0 atom stereocenters. The minimum absolute atomic E-state index is 0.244. The molecule has 0 aliphatic carbocycles. The van der Waals surface area contributed by atoms with E-state index in [1.54, 1.807) is 4.90 Å². The average Bonchev–Trinajstić information content (AvgIpc) is 2.52. The lowest BCUT2D eigenvalue weighted by Crippen LogP contribution is -2.34.